The quantitative estimate of drug-likeness (QED) is 0.795. The van der Waals surface area contributed by atoms with Gasteiger partial charge < -0.3 is 15.2 Å². The smallest absolute Gasteiger partial charge is 0.236 e. The van der Waals surface area contributed by atoms with Crippen molar-refractivity contribution in [3.63, 3.8) is 0 Å². The molecule has 0 bridgehead atoms. The second-order valence-electron chi connectivity index (χ2n) is 5.94. The van der Waals surface area contributed by atoms with Gasteiger partial charge in [-0.2, -0.15) is 0 Å². The number of aliphatic hydroxyl groups is 1. The predicted molar refractivity (Wildman–Crippen MR) is 98.5 cm³/mol. The van der Waals surface area contributed by atoms with E-state index in [1.807, 2.05) is 36.5 Å². The number of pyridine rings is 1. The van der Waals surface area contributed by atoms with Crippen LogP contribution in [-0.4, -0.2) is 33.4 Å². The van der Waals surface area contributed by atoms with Gasteiger partial charge in [-0.15, -0.1) is 0 Å². The molecule has 2 atom stereocenters. The standard InChI is InChI=1S/C19H22N2O3S/c1-2-13-3-6-15(20-12-13)9-10-24-16-7-4-14(5-8-16)11-17-18(22)21-19(23)25-17/h3-8,12,17,19,23H,2,9-11H2,1H3,(H,21,22). The fraction of sp³-hybridized carbons (Fsp3) is 0.368. The SMILES string of the molecule is CCc1ccc(CCOc2ccc(CC3SC(O)NC3=O)cc2)nc1. The lowest BCUT2D eigenvalue weighted by Gasteiger charge is -2.09. The third-order valence-electron chi connectivity index (χ3n) is 4.12. The summed E-state index contributed by atoms with van der Waals surface area (Å²) >= 11 is 1.24. The summed E-state index contributed by atoms with van der Waals surface area (Å²) < 4.78 is 5.77. The summed E-state index contributed by atoms with van der Waals surface area (Å²) in [5, 5.41) is 11.7. The van der Waals surface area contributed by atoms with Crippen LogP contribution in [0.25, 0.3) is 0 Å². The number of hydrogen-bond donors (Lipinski definition) is 2. The van der Waals surface area contributed by atoms with Gasteiger partial charge >= 0.3 is 0 Å². The zero-order valence-electron chi connectivity index (χ0n) is 14.1. The molecule has 1 aromatic heterocycles. The van der Waals surface area contributed by atoms with Gasteiger partial charge in [-0.05, 0) is 42.2 Å². The van der Waals surface area contributed by atoms with Crippen molar-refractivity contribution >= 4 is 17.7 Å². The molecule has 25 heavy (non-hydrogen) atoms. The molecule has 2 unspecified atom stereocenters. The largest absolute Gasteiger partial charge is 0.493 e. The topological polar surface area (TPSA) is 71.5 Å². The van der Waals surface area contributed by atoms with E-state index in [0.717, 1.165) is 29.8 Å². The molecule has 1 aliphatic rings. The molecule has 1 saturated heterocycles. The second-order valence-corrected chi connectivity index (χ2v) is 7.23. The average Bonchev–Trinajstić information content (AvgIpc) is 2.94. The number of aliphatic hydroxyl groups excluding tert-OH is 1. The highest BCUT2D eigenvalue weighted by molar-refractivity contribution is 8.01. The highest BCUT2D eigenvalue weighted by Gasteiger charge is 2.31. The number of aryl methyl sites for hydroxylation is 1. The molecular formula is C19H22N2O3S. The minimum Gasteiger partial charge on any atom is -0.493 e. The molecule has 1 fully saturated rings. The van der Waals surface area contributed by atoms with E-state index < -0.39 is 5.56 Å². The fourth-order valence-corrected chi connectivity index (χ4v) is 3.60. The maximum atomic E-state index is 11.6. The number of rotatable bonds is 7. The van der Waals surface area contributed by atoms with Crippen molar-refractivity contribution in [2.45, 2.75) is 37.0 Å². The molecule has 132 valence electrons. The molecule has 2 aromatic rings. The summed E-state index contributed by atoms with van der Waals surface area (Å²) in [6.07, 6.45) is 4.28. The first-order valence-corrected chi connectivity index (χ1v) is 9.38. The van der Waals surface area contributed by atoms with Gasteiger partial charge in [-0.25, -0.2) is 0 Å². The van der Waals surface area contributed by atoms with E-state index in [9.17, 15) is 9.90 Å². The van der Waals surface area contributed by atoms with Crippen molar-refractivity contribution in [3.05, 3.63) is 59.4 Å². The average molecular weight is 358 g/mol. The van der Waals surface area contributed by atoms with Crippen LogP contribution in [-0.2, 0) is 24.1 Å². The molecule has 0 saturated carbocycles. The molecule has 0 aliphatic carbocycles. The maximum absolute atomic E-state index is 11.6. The molecule has 6 heteroatoms. The highest BCUT2D eigenvalue weighted by Crippen LogP contribution is 2.25. The van der Waals surface area contributed by atoms with Crippen molar-refractivity contribution in [1.82, 2.24) is 10.3 Å². The van der Waals surface area contributed by atoms with E-state index in [0.29, 0.717) is 13.0 Å². The van der Waals surface area contributed by atoms with Crippen LogP contribution in [0, 0.1) is 0 Å². The number of hydrogen-bond acceptors (Lipinski definition) is 5. The lowest BCUT2D eigenvalue weighted by atomic mass is 10.1. The van der Waals surface area contributed by atoms with Crippen LogP contribution in [0.1, 0.15) is 23.7 Å². The molecular weight excluding hydrogens is 336 g/mol. The summed E-state index contributed by atoms with van der Waals surface area (Å²) in [6, 6.07) is 11.9. The van der Waals surface area contributed by atoms with Gasteiger partial charge in [0.15, 0.2) is 5.56 Å². The van der Waals surface area contributed by atoms with Gasteiger partial charge in [0.1, 0.15) is 5.75 Å². The lowest BCUT2D eigenvalue weighted by Crippen LogP contribution is -2.27. The highest BCUT2D eigenvalue weighted by atomic mass is 32.2. The van der Waals surface area contributed by atoms with Crippen molar-refractivity contribution < 1.29 is 14.6 Å². The summed E-state index contributed by atoms with van der Waals surface area (Å²) in [4.78, 5) is 16.1. The fourth-order valence-electron chi connectivity index (χ4n) is 2.63. The maximum Gasteiger partial charge on any atom is 0.236 e. The van der Waals surface area contributed by atoms with Crippen molar-refractivity contribution in [1.29, 1.82) is 0 Å². The minimum atomic E-state index is -0.792. The van der Waals surface area contributed by atoms with Crippen LogP contribution in [0.3, 0.4) is 0 Å². The summed E-state index contributed by atoms with van der Waals surface area (Å²) in [6.45, 7) is 2.69. The number of carbonyl (C=O) groups excluding carboxylic acids is 1. The molecule has 1 aromatic carbocycles. The number of benzene rings is 1. The first-order chi connectivity index (χ1) is 12.1. The first-order valence-electron chi connectivity index (χ1n) is 8.43. The van der Waals surface area contributed by atoms with Crippen molar-refractivity contribution in [2.24, 2.45) is 0 Å². The van der Waals surface area contributed by atoms with E-state index in [2.05, 4.69) is 23.3 Å². The van der Waals surface area contributed by atoms with E-state index in [1.165, 1.54) is 17.3 Å². The van der Waals surface area contributed by atoms with Crippen LogP contribution in [0.2, 0.25) is 0 Å². The van der Waals surface area contributed by atoms with Crippen LogP contribution < -0.4 is 10.1 Å². The van der Waals surface area contributed by atoms with E-state index in [4.69, 9.17) is 4.74 Å². The van der Waals surface area contributed by atoms with Gasteiger partial charge in [0.2, 0.25) is 5.91 Å². The van der Waals surface area contributed by atoms with Crippen LogP contribution >= 0.6 is 11.8 Å². The third-order valence-corrected chi connectivity index (χ3v) is 5.20. The minimum absolute atomic E-state index is 0.112. The predicted octanol–water partition coefficient (Wildman–Crippen LogP) is 2.32. The lowest BCUT2D eigenvalue weighted by molar-refractivity contribution is -0.121. The second kappa shape index (κ2) is 8.36. The summed E-state index contributed by atoms with van der Waals surface area (Å²) in [5.41, 5.74) is 2.52. The van der Waals surface area contributed by atoms with E-state index in [-0.39, 0.29) is 11.2 Å². The van der Waals surface area contributed by atoms with Crippen LogP contribution in [0.4, 0.5) is 0 Å². The van der Waals surface area contributed by atoms with Crippen LogP contribution in [0.5, 0.6) is 5.75 Å². The Balaban J connectivity index is 1.46. The van der Waals surface area contributed by atoms with E-state index in [1.54, 1.807) is 0 Å². The zero-order valence-corrected chi connectivity index (χ0v) is 15.0. The molecule has 2 N–H and O–H groups in total. The Morgan fingerprint density at radius 1 is 1.20 bits per heavy atom. The number of carbonyl (C=O) groups is 1. The molecule has 1 amide bonds. The Bertz CT molecular complexity index is 704. The van der Waals surface area contributed by atoms with Crippen molar-refractivity contribution in [2.75, 3.05) is 6.61 Å². The number of amides is 1. The number of ether oxygens (including phenoxy) is 1. The Hall–Kier alpha value is -2.05. The molecule has 1 aliphatic heterocycles. The van der Waals surface area contributed by atoms with Gasteiger partial charge in [0.05, 0.1) is 11.9 Å². The molecule has 5 nitrogen and oxygen atoms in total. The first kappa shape index (κ1) is 17.8. The number of nitrogens with one attached hydrogen (secondary N) is 1. The van der Waals surface area contributed by atoms with E-state index >= 15 is 0 Å². The van der Waals surface area contributed by atoms with Gasteiger partial charge in [-0.3, -0.25) is 9.78 Å². The zero-order chi connectivity index (χ0) is 17.6. The Labute approximate surface area is 151 Å². The molecule has 0 spiro atoms. The normalized spacial score (nSPS) is 19.7. The number of nitrogens with zero attached hydrogens (tertiary/aromatic N) is 1. The van der Waals surface area contributed by atoms with Gasteiger partial charge in [0.25, 0.3) is 0 Å². The Morgan fingerprint density at radius 3 is 2.56 bits per heavy atom. The number of thioether (sulfide) groups is 1. The molecule has 3 rings (SSSR count). The monoisotopic (exact) mass is 358 g/mol. The van der Waals surface area contributed by atoms with Gasteiger partial charge in [-0.1, -0.05) is 36.9 Å². The number of aromatic nitrogens is 1. The Morgan fingerprint density at radius 2 is 1.96 bits per heavy atom. The van der Waals surface area contributed by atoms with Crippen LogP contribution in [0.15, 0.2) is 42.6 Å². The summed E-state index contributed by atoms with van der Waals surface area (Å²) in [5.74, 6) is 0.692. The van der Waals surface area contributed by atoms with Crippen molar-refractivity contribution in [3.8, 4) is 5.75 Å². The molecule has 2 heterocycles. The Kier molecular flexibility index (Phi) is 5.94. The third kappa shape index (κ3) is 4.96. The summed E-state index contributed by atoms with van der Waals surface area (Å²) in [7, 11) is 0. The molecule has 0 radical (unpaired) electrons. The van der Waals surface area contributed by atoms with Gasteiger partial charge in [0, 0.05) is 18.3 Å².